The van der Waals surface area contributed by atoms with Gasteiger partial charge in [-0.05, 0) is 31.5 Å². The monoisotopic (exact) mass is 245 g/mol. The van der Waals surface area contributed by atoms with Gasteiger partial charge in [0.05, 0.1) is 11.4 Å². The van der Waals surface area contributed by atoms with Crippen LogP contribution >= 0.6 is 0 Å². The maximum Gasteiger partial charge on any atom is 0.251 e. The molecule has 2 aliphatic rings. The second-order valence-electron chi connectivity index (χ2n) is 4.99. The van der Waals surface area contributed by atoms with Gasteiger partial charge in [-0.25, -0.2) is 0 Å². The molecule has 1 fully saturated rings. The van der Waals surface area contributed by atoms with E-state index in [0.29, 0.717) is 0 Å². The normalized spacial score (nSPS) is 22.8. The van der Waals surface area contributed by atoms with Gasteiger partial charge in [0.2, 0.25) is 0 Å². The number of amides is 1. The number of hydrogen-bond acceptors (Lipinski definition) is 3. The van der Waals surface area contributed by atoms with Crippen molar-refractivity contribution in [1.82, 2.24) is 5.32 Å². The van der Waals surface area contributed by atoms with E-state index in [4.69, 9.17) is 0 Å². The number of carbonyl (C=O) groups excluding carboxylic acids is 1. The summed E-state index contributed by atoms with van der Waals surface area (Å²) in [5, 5.41) is 3.32. The second kappa shape index (κ2) is 4.28. The minimum Gasteiger partial charge on any atom is -0.355 e. The van der Waals surface area contributed by atoms with Crippen LogP contribution in [0.15, 0.2) is 18.2 Å². The van der Waals surface area contributed by atoms with Crippen LogP contribution in [0, 0.1) is 6.92 Å². The molecule has 1 N–H and O–H groups in total. The summed E-state index contributed by atoms with van der Waals surface area (Å²) in [6.45, 7) is 7.48. The predicted molar refractivity (Wildman–Crippen MR) is 73.2 cm³/mol. The Morgan fingerprint density at radius 1 is 1.39 bits per heavy atom. The van der Waals surface area contributed by atoms with Gasteiger partial charge in [0.25, 0.3) is 5.91 Å². The average molecular weight is 245 g/mol. The van der Waals surface area contributed by atoms with Crippen LogP contribution in [0.1, 0.15) is 12.5 Å². The number of rotatable bonds is 1. The summed E-state index contributed by atoms with van der Waals surface area (Å²) in [5.41, 5.74) is 3.52. The molecule has 1 saturated heterocycles. The average Bonchev–Trinajstić information content (AvgIpc) is 2.40. The fraction of sp³-hybridized carbons (Fsp3) is 0.500. The molecule has 1 aromatic carbocycles. The Morgan fingerprint density at radius 3 is 3.00 bits per heavy atom. The van der Waals surface area contributed by atoms with Gasteiger partial charge in [-0.2, -0.15) is 0 Å². The topological polar surface area (TPSA) is 35.6 Å². The van der Waals surface area contributed by atoms with E-state index in [-0.39, 0.29) is 11.9 Å². The number of nitrogens with one attached hydrogen (secondary N) is 1. The summed E-state index contributed by atoms with van der Waals surface area (Å²) in [4.78, 5) is 16.6. The first-order valence-corrected chi connectivity index (χ1v) is 6.61. The van der Waals surface area contributed by atoms with Crippen LogP contribution in [0.25, 0.3) is 0 Å². The molecule has 1 unspecified atom stereocenters. The van der Waals surface area contributed by atoms with E-state index in [9.17, 15) is 4.79 Å². The third kappa shape index (κ3) is 1.60. The van der Waals surface area contributed by atoms with E-state index in [2.05, 4.69) is 35.3 Å². The Labute approximate surface area is 108 Å². The number of carbonyl (C=O) groups is 1. The Morgan fingerprint density at radius 2 is 2.22 bits per heavy atom. The van der Waals surface area contributed by atoms with E-state index < -0.39 is 0 Å². The summed E-state index contributed by atoms with van der Waals surface area (Å²) in [5.74, 6) is 0.223. The Balaban J connectivity index is 2.12. The maximum absolute atomic E-state index is 12.5. The SMILES string of the molecule is CCN1C(=O)C2CNCCN2c2cc(C)ccc21. The molecule has 4 nitrogen and oxygen atoms in total. The summed E-state index contributed by atoms with van der Waals surface area (Å²) >= 11 is 0. The number of likely N-dealkylation sites (N-methyl/N-ethyl adjacent to an activating group) is 1. The number of hydrogen-bond donors (Lipinski definition) is 1. The number of anilines is 2. The first-order chi connectivity index (χ1) is 8.72. The molecular weight excluding hydrogens is 226 g/mol. The lowest BCUT2D eigenvalue weighted by atomic mass is 10.0. The molecule has 4 heteroatoms. The van der Waals surface area contributed by atoms with Crippen LogP contribution in [-0.4, -0.2) is 38.1 Å². The number of fused-ring (bicyclic) bond motifs is 3. The largest absolute Gasteiger partial charge is 0.355 e. The summed E-state index contributed by atoms with van der Waals surface area (Å²) in [7, 11) is 0. The van der Waals surface area contributed by atoms with Crippen molar-refractivity contribution in [2.75, 3.05) is 36.0 Å². The number of piperazine rings is 1. The quantitative estimate of drug-likeness (QED) is 0.806. The number of nitrogens with zero attached hydrogens (tertiary/aromatic N) is 2. The van der Waals surface area contributed by atoms with Crippen LogP contribution in [0.2, 0.25) is 0 Å². The Hall–Kier alpha value is -1.55. The van der Waals surface area contributed by atoms with E-state index in [0.717, 1.165) is 31.9 Å². The zero-order valence-corrected chi connectivity index (χ0v) is 10.9. The highest BCUT2D eigenvalue weighted by Crippen LogP contribution is 2.37. The minimum absolute atomic E-state index is 0.0343. The molecule has 1 aromatic rings. The van der Waals surface area contributed by atoms with Gasteiger partial charge in [-0.1, -0.05) is 6.07 Å². The van der Waals surface area contributed by atoms with Crippen molar-refractivity contribution in [3.05, 3.63) is 23.8 Å². The van der Waals surface area contributed by atoms with E-state index in [1.54, 1.807) is 0 Å². The zero-order chi connectivity index (χ0) is 12.7. The molecule has 0 bridgehead atoms. The standard InChI is InChI=1S/C14H19N3O/c1-3-16-11-5-4-10(2)8-12(11)17-7-6-15-9-13(17)14(16)18/h4-5,8,13,15H,3,6-7,9H2,1-2H3. The lowest BCUT2D eigenvalue weighted by molar-refractivity contribution is -0.120. The van der Waals surface area contributed by atoms with Crippen molar-refractivity contribution in [2.24, 2.45) is 0 Å². The third-order valence-corrected chi connectivity index (χ3v) is 3.84. The molecule has 18 heavy (non-hydrogen) atoms. The molecule has 0 aromatic heterocycles. The molecule has 2 aliphatic heterocycles. The maximum atomic E-state index is 12.5. The number of benzene rings is 1. The van der Waals surface area contributed by atoms with Crippen molar-refractivity contribution in [3.63, 3.8) is 0 Å². The smallest absolute Gasteiger partial charge is 0.251 e. The van der Waals surface area contributed by atoms with Gasteiger partial charge < -0.3 is 15.1 Å². The molecule has 0 radical (unpaired) electrons. The van der Waals surface area contributed by atoms with Crippen molar-refractivity contribution in [3.8, 4) is 0 Å². The van der Waals surface area contributed by atoms with Crippen molar-refractivity contribution < 1.29 is 4.79 Å². The summed E-state index contributed by atoms with van der Waals surface area (Å²) in [6, 6.07) is 6.32. The van der Waals surface area contributed by atoms with E-state index >= 15 is 0 Å². The van der Waals surface area contributed by atoms with Gasteiger partial charge in [0.1, 0.15) is 6.04 Å². The first kappa shape index (κ1) is 11.5. The first-order valence-electron chi connectivity index (χ1n) is 6.61. The molecule has 2 heterocycles. The Kier molecular flexibility index (Phi) is 2.74. The van der Waals surface area contributed by atoms with Crippen LogP contribution < -0.4 is 15.1 Å². The zero-order valence-electron chi connectivity index (χ0n) is 10.9. The lowest BCUT2D eigenvalue weighted by Crippen LogP contribution is -2.61. The highest BCUT2D eigenvalue weighted by Gasteiger charge is 2.38. The van der Waals surface area contributed by atoms with Crippen LogP contribution in [-0.2, 0) is 4.79 Å². The molecule has 3 rings (SSSR count). The molecule has 0 spiro atoms. The Bertz CT molecular complexity index is 486. The summed E-state index contributed by atoms with van der Waals surface area (Å²) in [6.07, 6.45) is 0. The number of aryl methyl sites for hydroxylation is 1. The highest BCUT2D eigenvalue weighted by atomic mass is 16.2. The van der Waals surface area contributed by atoms with Gasteiger partial charge in [-0.3, -0.25) is 4.79 Å². The molecule has 96 valence electrons. The molecule has 1 atom stereocenters. The van der Waals surface area contributed by atoms with Gasteiger partial charge >= 0.3 is 0 Å². The minimum atomic E-state index is -0.0343. The molecular formula is C14H19N3O. The van der Waals surface area contributed by atoms with Crippen LogP contribution in [0.3, 0.4) is 0 Å². The molecule has 1 amide bonds. The molecule has 0 saturated carbocycles. The van der Waals surface area contributed by atoms with Crippen LogP contribution in [0.5, 0.6) is 0 Å². The second-order valence-corrected chi connectivity index (χ2v) is 4.99. The predicted octanol–water partition coefficient (Wildman–Crippen LogP) is 1.14. The fourth-order valence-corrected chi connectivity index (χ4v) is 2.93. The van der Waals surface area contributed by atoms with Gasteiger partial charge in [0.15, 0.2) is 0 Å². The van der Waals surface area contributed by atoms with E-state index in [1.165, 1.54) is 11.3 Å². The highest BCUT2D eigenvalue weighted by molar-refractivity contribution is 6.05. The molecule has 0 aliphatic carbocycles. The van der Waals surface area contributed by atoms with Gasteiger partial charge in [-0.15, -0.1) is 0 Å². The van der Waals surface area contributed by atoms with Crippen molar-refractivity contribution >= 4 is 17.3 Å². The summed E-state index contributed by atoms with van der Waals surface area (Å²) < 4.78 is 0. The van der Waals surface area contributed by atoms with Crippen molar-refractivity contribution in [2.45, 2.75) is 19.9 Å². The van der Waals surface area contributed by atoms with Crippen LogP contribution in [0.4, 0.5) is 11.4 Å². The fourth-order valence-electron chi connectivity index (χ4n) is 2.93. The van der Waals surface area contributed by atoms with E-state index in [1.807, 2.05) is 11.8 Å². The third-order valence-electron chi connectivity index (χ3n) is 3.84. The van der Waals surface area contributed by atoms with Crippen molar-refractivity contribution in [1.29, 1.82) is 0 Å². The lowest BCUT2D eigenvalue weighted by Gasteiger charge is -2.45. The van der Waals surface area contributed by atoms with Gasteiger partial charge in [0, 0.05) is 26.2 Å².